The topological polar surface area (TPSA) is 38.2 Å². The first-order valence-electron chi connectivity index (χ1n) is 4.32. The van der Waals surface area contributed by atoms with Gasteiger partial charge in [-0.05, 0) is 20.5 Å². The number of nitrogens with zero attached hydrogens (tertiary/aromatic N) is 3. The average Bonchev–Trinajstić information content (AvgIpc) is 2.14. The minimum absolute atomic E-state index is 0.598. The van der Waals surface area contributed by atoms with E-state index in [1.807, 2.05) is 14.1 Å². The van der Waals surface area contributed by atoms with Crippen LogP contribution in [0.25, 0.3) is 0 Å². The van der Waals surface area contributed by atoms with Crippen LogP contribution in [0.3, 0.4) is 0 Å². The number of aromatic nitrogens is 2. The first kappa shape index (κ1) is 9.92. The second-order valence-electron chi connectivity index (χ2n) is 3.05. The molecule has 0 aliphatic heterocycles. The number of ether oxygens (including phenoxy) is 1. The summed E-state index contributed by atoms with van der Waals surface area (Å²) in [6.45, 7) is 1.72. The van der Waals surface area contributed by atoms with Crippen LogP contribution in [-0.2, 0) is 0 Å². The number of hydrogen-bond donors (Lipinski definition) is 0. The molecule has 0 spiro atoms. The van der Waals surface area contributed by atoms with Gasteiger partial charge in [0.15, 0.2) is 0 Å². The molecule has 72 valence electrons. The van der Waals surface area contributed by atoms with Crippen molar-refractivity contribution in [2.24, 2.45) is 0 Å². The normalized spacial score (nSPS) is 10.4. The van der Waals surface area contributed by atoms with Gasteiger partial charge in [0, 0.05) is 18.9 Å². The molecule has 0 saturated heterocycles. The minimum Gasteiger partial charge on any atom is -0.477 e. The molecule has 1 rings (SSSR count). The van der Waals surface area contributed by atoms with E-state index >= 15 is 0 Å². The molecule has 4 nitrogen and oxygen atoms in total. The maximum Gasteiger partial charge on any atom is 0.232 e. The van der Waals surface area contributed by atoms with E-state index in [0.717, 1.165) is 13.0 Å². The second kappa shape index (κ2) is 5.48. The maximum absolute atomic E-state index is 5.36. The summed E-state index contributed by atoms with van der Waals surface area (Å²) in [6, 6.07) is 0. The molecule has 1 aromatic rings. The van der Waals surface area contributed by atoms with E-state index < -0.39 is 0 Å². The van der Waals surface area contributed by atoms with E-state index in [2.05, 4.69) is 14.9 Å². The van der Waals surface area contributed by atoms with Crippen LogP contribution in [0.4, 0.5) is 0 Å². The Labute approximate surface area is 78.6 Å². The van der Waals surface area contributed by atoms with E-state index in [1.54, 1.807) is 18.6 Å². The molecular formula is C9H15N3O. The third-order valence-corrected chi connectivity index (χ3v) is 1.54. The lowest BCUT2D eigenvalue weighted by atomic mass is 10.4. The Hall–Kier alpha value is -1.16. The van der Waals surface area contributed by atoms with Crippen molar-refractivity contribution in [1.29, 1.82) is 0 Å². The highest BCUT2D eigenvalue weighted by atomic mass is 16.5. The Bertz CT molecular complexity index is 226. The molecule has 0 atom stereocenters. The van der Waals surface area contributed by atoms with Gasteiger partial charge in [-0.1, -0.05) is 0 Å². The summed E-state index contributed by atoms with van der Waals surface area (Å²) in [6.07, 6.45) is 5.88. The fraction of sp³-hybridized carbons (Fsp3) is 0.556. The molecule has 4 heteroatoms. The van der Waals surface area contributed by atoms with Crippen LogP contribution in [0.15, 0.2) is 18.6 Å². The summed E-state index contributed by atoms with van der Waals surface area (Å²) in [5, 5.41) is 0. The van der Waals surface area contributed by atoms with E-state index in [1.165, 1.54) is 0 Å². The van der Waals surface area contributed by atoms with Crippen molar-refractivity contribution in [1.82, 2.24) is 14.9 Å². The molecule has 0 N–H and O–H groups in total. The molecule has 0 aromatic carbocycles. The van der Waals surface area contributed by atoms with Gasteiger partial charge in [-0.2, -0.15) is 0 Å². The predicted octanol–water partition coefficient (Wildman–Crippen LogP) is 0.807. The van der Waals surface area contributed by atoms with Gasteiger partial charge in [0.05, 0.1) is 12.8 Å². The van der Waals surface area contributed by atoms with Gasteiger partial charge in [0.1, 0.15) is 0 Å². The highest BCUT2D eigenvalue weighted by Gasteiger charge is 1.94. The van der Waals surface area contributed by atoms with E-state index in [9.17, 15) is 0 Å². The van der Waals surface area contributed by atoms with Crippen LogP contribution in [0.5, 0.6) is 5.88 Å². The molecule has 0 amide bonds. The van der Waals surface area contributed by atoms with Gasteiger partial charge >= 0.3 is 0 Å². The van der Waals surface area contributed by atoms with Crippen molar-refractivity contribution >= 4 is 0 Å². The Morgan fingerprint density at radius 3 is 2.85 bits per heavy atom. The summed E-state index contributed by atoms with van der Waals surface area (Å²) in [5.41, 5.74) is 0. The highest BCUT2D eigenvalue weighted by molar-refractivity contribution is 5.00. The van der Waals surface area contributed by atoms with E-state index in [4.69, 9.17) is 4.74 Å². The standard InChI is InChI=1S/C9H15N3O/c1-12(2)6-3-7-13-9-8-10-4-5-11-9/h4-5,8H,3,6-7H2,1-2H3. The third kappa shape index (κ3) is 4.42. The zero-order chi connectivity index (χ0) is 9.52. The largest absolute Gasteiger partial charge is 0.477 e. The Morgan fingerprint density at radius 2 is 2.23 bits per heavy atom. The van der Waals surface area contributed by atoms with Gasteiger partial charge in [-0.15, -0.1) is 0 Å². The van der Waals surface area contributed by atoms with Crippen LogP contribution in [0.1, 0.15) is 6.42 Å². The smallest absolute Gasteiger partial charge is 0.232 e. The predicted molar refractivity (Wildman–Crippen MR) is 50.7 cm³/mol. The average molecular weight is 181 g/mol. The number of rotatable bonds is 5. The van der Waals surface area contributed by atoms with Gasteiger partial charge in [0.25, 0.3) is 0 Å². The van der Waals surface area contributed by atoms with Crippen molar-refractivity contribution in [3.63, 3.8) is 0 Å². The first-order chi connectivity index (χ1) is 6.29. The van der Waals surface area contributed by atoms with Gasteiger partial charge < -0.3 is 9.64 Å². The van der Waals surface area contributed by atoms with Crippen LogP contribution in [-0.4, -0.2) is 42.1 Å². The summed E-state index contributed by atoms with van der Waals surface area (Å²) in [5.74, 6) is 0.598. The molecule has 13 heavy (non-hydrogen) atoms. The van der Waals surface area contributed by atoms with Crippen molar-refractivity contribution in [3.05, 3.63) is 18.6 Å². The molecule has 0 aliphatic carbocycles. The third-order valence-electron chi connectivity index (χ3n) is 1.54. The van der Waals surface area contributed by atoms with Gasteiger partial charge in [0.2, 0.25) is 5.88 Å². The first-order valence-corrected chi connectivity index (χ1v) is 4.32. The monoisotopic (exact) mass is 181 g/mol. The van der Waals surface area contributed by atoms with Crippen LogP contribution in [0, 0.1) is 0 Å². The van der Waals surface area contributed by atoms with Crippen molar-refractivity contribution in [3.8, 4) is 5.88 Å². The van der Waals surface area contributed by atoms with Crippen molar-refractivity contribution in [2.75, 3.05) is 27.2 Å². The maximum atomic E-state index is 5.36. The quantitative estimate of drug-likeness (QED) is 0.630. The summed E-state index contributed by atoms with van der Waals surface area (Å²) >= 11 is 0. The molecular weight excluding hydrogens is 166 g/mol. The summed E-state index contributed by atoms with van der Waals surface area (Å²) < 4.78 is 5.36. The highest BCUT2D eigenvalue weighted by Crippen LogP contribution is 2.00. The van der Waals surface area contributed by atoms with Crippen LogP contribution in [0.2, 0.25) is 0 Å². The van der Waals surface area contributed by atoms with Gasteiger partial charge in [-0.25, -0.2) is 4.98 Å². The molecule has 1 aromatic heterocycles. The van der Waals surface area contributed by atoms with E-state index in [-0.39, 0.29) is 0 Å². The molecule has 0 aliphatic rings. The summed E-state index contributed by atoms with van der Waals surface area (Å²) in [4.78, 5) is 10.0. The number of hydrogen-bond acceptors (Lipinski definition) is 4. The fourth-order valence-corrected chi connectivity index (χ4v) is 0.917. The minimum atomic E-state index is 0.598. The zero-order valence-electron chi connectivity index (χ0n) is 8.10. The lowest BCUT2D eigenvalue weighted by Gasteiger charge is -2.09. The summed E-state index contributed by atoms with van der Waals surface area (Å²) in [7, 11) is 4.09. The molecule has 0 unspecified atom stereocenters. The molecule has 0 fully saturated rings. The van der Waals surface area contributed by atoms with Crippen molar-refractivity contribution in [2.45, 2.75) is 6.42 Å². The Morgan fingerprint density at radius 1 is 1.38 bits per heavy atom. The molecule has 0 bridgehead atoms. The Balaban J connectivity index is 2.13. The zero-order valence-corrected chi connectivity index (χ0v) is 8.10. The second-order valence-corrected chi connectivity index (χ2v) is 3.05. The SMILES string of the molecule is CN(C)CCCOc1cnccn1. The molecule has 1 heterocycles. The van der Waals surface area contributed by atoms with Crippen molar-refractivity contribution < 1.29 is 4.74 Å². The van der Waals surface area contributed by atoms with Gasteiger partial charge in [-0.3, -0.25) is 4.98 Å². The molecule has 0 radical (unpaired) electrons. The lowest BCUT2D eigenvalue weighted by Crippen LogP contribution is -2.15. The van der Waals surface area contributed by atoms with Crippen LogP contribution >= 0.6 is 0 Å². The lowest BCUT2D eigenvalue weighted by molar-refractivity contribution is 0.272. The van der Waals surface area contributed by atoms with E-state index in [0.29, 0.717) is 12.5 Å². The van der Waals surface area contributed by atoms with Crippen LogP contribution < -0.4 is 4.74 Å². The Kier molecular flexibility index (Phi) is 4.18. The molecule has 0 saturated carbocycles. The fourth-order valence-electron chi connectivity index (χ4n) is 0.917.